The largest absolute Gasteiger partial charge is 0.494 e. The number of benzene rings is 3. The number of nitrogens with zero attached hydrogens (tertiary/aromatic N) is 1. The number of hydrogen-bond acceptors (Lipinski definition) is 5. The van der Waals surface area contributed by atoms with Crippen molar-refractivity contribution in [3.05, 3.63) is 72.8 Å². The minimum atomic E-state index is -3.85. The molecule has 0 amide bonds. The van der Waals surface area contributed by atoms with Gasteiger partial charge >= 0.3 is 0 Å². The van der Waals surface area contributed by atoms with Crippen molar-refractivity contribution in [2.24, 2.45) is 0 Å². The molecule has 0 saturated heterocycles. The first-order chi connectivity index (χ1) is 14.1. The van der Waals surface area contributed by atoms with Crippen LogP contribution in [0.15, 0.2) is 77.7 Å². The summed E-state index contributed by atoms with van der Waals surface area (Å²) in [4.78, 5) is 0.187. The van der Waals surface area contributed by atoms with Gasteiger partial charge in [0.2, 0.25) is 0 Å². The number of sulfonamides is 1. The van der Waals surface area contributed by atoms with E-state index in [-0.39, 0.29) is 4.90 Å². The Morgan fingerprint density at radius 3 is 2.07 bits per heavy atom. The van der Waals surface area contributed by atoms with Crippen LogP contribution in [-0.4, -0.2) is 28.6 Å². The van der Waals surface area contributed by atoms with E-state index in [1.165, 1.54) is 4.31 Å². The number of hydrogen-bond donors (Lipinski definition) is 1. The highest BCUT2D eigenvalue weighted by atomic mass is 32.2. The topological polar surface area (TPSA) is 67.9 Å². The van der Waals surface area contributed by atoms with E-state index in [1.807, 2.05) is 19.2 Å². The second-order valence-corrected chi connectivity index (χ2v) is 8.37. The lowest BCUT2D eigenvalue weighted by molar-refractivity contribution is 0.309. The highest BCUT2D eigenvalue weighted by Crippen LogP contribution is 2.48. The standard InChI is InChI=1S/C22H22N2O4S/c1-23-15-6-16-27-17-11-13-18(14-12-17)29(25,26)24-19-7-2-4-9-21(19)28-22-10-5-3-8-20(22)24/h2-5,7-14,23H,6,15-16H2,1H3. The van der Waals surface area contributed by atoms with Crippen molar-refractivity contribution in [1.82, 2.24) is 5.32 Å². The Hall–Kier alpha value is -3.03. The van der Waals surface area contributed by atoms with Crippen LogP contribution in [0.2, 0.25) is 0 Å². The van der Waals surface area contributed by atoms with Crippen LogP contribution >= 0.6 is 0 Å². The summed E-state index contributed by atoms with van der Waals surface area (Å²) < 4.78 is 40.0. The fraction of sp³-hybridized carbons (Fsp3) is 0.182. The van der Waals surface area contributed by atoms with Gasteiger partial charge in [0.25, 0.3) is 10.0 Å². The van der Waals surface area contributed by atoms with E-state index < -0.39 is 10.0 Å². The van der Waals surface area contributed by atoms with Gasteiger partial charge in [-0.15, -0.1) is 0 Å². The van der Waals surface area contributed by atoms with Crippen molar-refractivity contribution in [2.75, 3.05) is 24.5 Å². The monoisotopic (exact) mass is 410 g/mol. The van der Waals surface area contributed by atoms with Gasteiger partial charge in [-0.05, 0) is 68.5 Å². The molecule has 1 aliphatic heterocycles. The SMILES string of the molecule is CNCCCOc1ccc(S(=O)(=O)N2c3ccccc3Oc3ccccc32)cc1. The molecular formula is C22H22N2O4S. The van der Waals surface area contributed by atoms with Crippen LogP contribution in [0.1, 0.15) is 6.42 Å². The Bertz CT molecular complexity index is 1050. The van der Waals surface area contributed by atoms with E-state index in [0.717, 1.165) is 13.0 Å². The molecule has 150 valence electrons. The van der Waals surface area contributed by atoms with Gasteiger partial charge in [0.15, 0.2) is 11.5 Å². The van der Waals surface area contributed by atoms with Crippen LogP contribution in [0, 0.1) is 0 Å². The van der Waals surface area contributed by atoms with Gasteiger partial charge in [-0.2, -0.15) is 0 Å². The number of para-hydroxylation sites is 4. The van der Waals surface area contributed by atoms with Gasteiger partial charge in [-0.1, -0.05) is 24.3 Å². The van der Waals surface area contributed by atoms with Crippen molar-refractivity contribution in [3.63, 3.8) is 0 Å². The normalized spacial score (nSPS) is 12.7. The summed E-state index contributed by atoms with van der Waals surface area (Å²) >= 11 is 0. The maximum absolute atomic E-state index is 13.5. The molecule has 3 aromatic rings. The maximum Gasteiger partial charge on any atom is 0.268 e. The summed E-state index contributed by atoms with van der Waals surface area (Å²) in [6.45, 7) is 1.43. The fourth-order valence-corrected chi connectivity index (χ4v) is 4.69. The Morgan fingerprint density at radius 1 is 0.897 bits per heavy atom. The van der Waals surface area contributed by atoms with E-state index in [0.29, 0.717) is 35.2 Å². The average molecular weight is 410 g/mol. The smallest absolute Gasteiger partial charge is 0.268 e. The lowest BCUT2D eigenvalue weighted by atomic mass is 10.2. The van der Waals surface area contributed by atoms with Gasteiger partial charge in [-0.3, -0.25) is 0 Å². The minimum Gasteiger partial charge on any atom is -0.494 e. The molecule has 0 aromatic heterocycles. The van der Waals surface area contributed by atoms with Crippen LogP contribution in [0.25, 0.3) is 0 Å². The third-order valence-electron chi connectivity index (χ3n) is 4.59. The van der Waals surface area contributed by atoms with Crippen molar-refractivity contribution in [3.8, 4) is 17.2 Å². The molecule has 0 bridgehead atoms. The van der Waals surface area contributed by atoms with E-state index >= 15 is 0 Å². The highest BCUT2D eigenvalue weighted by molar-refractivity contribution is 7.93. The van der Waals surface area contributed by atoms with Crippen LogP contribution in [-0.2, 0) is 10.0 Å². The molecule has 0 spiro atoms. The summed E-state index contributed by atoms with van der Waals surface area (Å²) in [5, 5.41) is 3.06. The second kappa shape index (κ2) is 8.14. The molecule has 1 N–H and O–H groups in total. The number of fused-ring (bicyclic) bond motifs is 2. The van der Waals surface area contributed by atoms with Crippen LogP contribution in [0.3, 0.4) is 0 Å². The molecule has 7 heteroatoms. The van der Waals surface area contributed by atoms with Gasteiger partial charge in [0.1, 0.15) is 17.1 Å². The average Bonchev–Trinajstić information content (AvgIpc) is 2.75. The molecule has 0 saturated carbocycles. The number of ether oxygens (including phenoxy) is 2. The van der Waals surface area contributed by atoms with Crippen molar-refractivity contribution < 1.29 is 17.9 Å². The van der Waals surface area contributed by atoms with Crippen LogP contribution in [0.4, 0.5) is 11.4 Å². The Labute approximate surface area is 170 Å². The summed E-state index contributed by atoms with van der Waals surface area (Å²) in [5.74, 6) is 1.64. The zero-order valence-corrected chi connectivity index (χ0v) is 16.9. The van der Waals surface area contributed by atoms with E-state index in [2.05, 4.69) is 5.32 Å². The molecule has 0 atom stereocenters. The Kier molecular flexibility index (Phi) is 5.42. The number of rotatable bonds is 7. The maximum atomic E-state index is 13.5. The lowest BCUT2D eigenvalue weighted by Crippen LogP contribution is -2.28. The Morgan fingerprint density at radius 2 is 1.48 bits per heavy atom. The summed E-state index contributed by atoms with van der Waals surface area (Å²) in [6.07, 6.45) is 0.873. The van der Waals surface area contributed by atoms with Crippen molar-refractivity contribution in [2.45, 2.75) is 11.3 Å². The zero-order chi connectivity index (χ0) is 20.3. The molecule has 4 rings (SSSR count). The fourth-order valence-electron chi connectivity index (χ4n) is 3.18. The van der Waals surface area contributed by atoms with Gasteiger partial charge in [0, 0.05) is 0 Å². The van der Waals surface area contributed by atoms with E-state index in [9.17, 15) is 8.42 Å². The predicted molar refractivity (Wildman–Crippen MR) is 113 cm³/mol. The second-order valence-electron chi connectivity index (χ2n) is 6.58. The molecule has 6 nitrogen and oxygen atoms in total. The van der Waals surface area contributed by atoms with Gasteiger partial charge in [-0.25, -0.2) is 12.7 Å². The van der Waals surface area contributed by atoms with Gasteiger partial charge < -0.3 is 14.8 Å². The minimum absolute atomic E-state index is 0.187. The molecule has 0 fully saturated rings. The zero-order valence-electron chi connectivity index (χ0n) is 16.0. The molecular weight excluding hydrogens is 388 g/mol. The predicted octanol–water partition coefficient (Wildman–Crippen LogP) is 4.31. The molecule has 3 aromatic carbocycles. The number of anilines is 2. The van der Waals surface area contributed by atoms with Crippen LogP contribution < -0.4 is 19.1 Å². The van der Waals surface area contributed by atoms with Crippen molar-refractivity contribution >= 4 is 21.4 Å². The molecule has 0 radical (unpaired) electrons. The summed E-state index contributed by atoms with van der Waals surface area (Å²) in [6, 6.07) is 20.7. The lowest BCUT2D eigenvalue weighted by Gasteiger charge is -2.31. The highest BCUT2D eigenvalue weighted by Gasteiger charge is 2.34. The molecule has 1 aliphatic rings. The van der Waals surface area contributed by atoms with E-state index in [4.69, 9.17) is 9.47 Å². The molecule has 29 heavy (non-hydrogen) atoms. The Balaban J connectivity index is 1.67. The third-order valence-corrected chi connectivity index (χ3v) is 6.33. The number of nitrogens with one attached hydrogen (secondary N) is 1. The first-order valence-electron chi connectivity index (χ1n) is 9.40. The summed E-state index contributed by atoms with van der Waals surface area (Å²) in [7, 11) is -1.96. The quantitative estimate of drug-likeness (QED) is 0.588. The third kappa shape index (κ3) is 3.79. The molecule has 0 aliphatic carbocycles. The molecule has 1 heterocycles. The first-order valence-corrected chi connectivity index (χ1v) is 10.8. The van der Waals surface area contributed by atoms with Crippen LogP contribution in [0.5, 0.6) is 17.2 Å². The first kappa shape index (κ1) is 19.3. The van der Waals surface area contributed by atoms with Gasteiger partial charge in [0.05, 0.1) is 11.5 Å². The summed E-state index contributed by atoms with van der Waals surface area (Å²) in [5.41, 5.74) is 0.970. The molecule has 0 unspecified atom stereocenters. The van der Waals surface area contributed by atoms with Crippen molar-refractivity contribution in [1.29, 1.82) is 0 Å². The van der Waals surface area contributed by atoms with E-state index in [1.54, 1.807) is 60.7 Å².